The molecule has 11 heteroatoms. The molecule has 1 aliphatic rings. The second-order valence-electron chi connectivity index (χ2n) is 5.58. The summed E-state index contributed by atoms with van der Waals surface area (Å²) in [5.74, 6) is -0.183. The predicted octanol–water partition coefficient (Wildman–Crippen LogP) is 2.71. The Morgan fingerprint density at radius 3 is 2.73 bits per heavy atom. The van der Waals surface area contributed by atoms with Gasteiger partial charge in [0.2, 0.25) is 0 Å². The summed E-state index contributed by atoms with van der Waals surface area (Å²) in [4.78, 5) is 13.8. The number of benzene rings is 1. The lowest BCUT2D eigenvalue weighted by Crippen LogP contribution is -2.32. The van der Waals surface area contributed by atoms with Gasteiger partial charge in [-0.3, -0.25) is 4.57 Å². The summed E-state index contributed by atoms with van der Waals surface area (Å²) < 4.78 is 53.4. The molecule has 2 aromatic rings. The zero-order valence-electron chi connectivity index (χ0n) is 13.3. The molecule has 140 valence electrons. The maximum atomic E-state index is 12.1. The molecule has 0 saturated heterocycles. The van der Waals surface area contributed by atoms with E-state index < -0.39 is 17.7 Å². The quantitative estimate of drug-likeness (QED) is 0.571. The summed E-state index contributed by atoms with van der Waals surface area (Å²) in [5, 5.41) is 10.7. The van der Waals surface area contributed by atoms with E-state index in [-0.39, 0.29) is 36.9 Å². The number of nitro groups is 1. The molecule has 2 heterocycles. The van der Waals surface area contributed by atoms with Gasteiger partial charge in [0.05, 0.1) is 13.2 Å². The van der Waals surface area contributed by atoms with E-state index in [0.29, 0.717) is 6.54 Å². The molecule has 1 aromatic carbocycles. The molecule has 1 atom stereocenters. The number of ether oxygens (including phenoxy) is 3. The van der Waals surface area contributed by atoms with Crippen LogP contribution >= 0.6 is 0 Å². The molecule has 3 rings (SSSR count). The number of hydrogen-bond acceptors (Lipinski definition) is 6. The third-order valence-corrected chi connectivity index (χ3v) is 3.52. The van der Waals surface area contributed by atoms with Gasteiger partial charge in [-0.25, -0.2) is 0 Å². The number of halogens is 3. The van der Waals surface area contributed by atoms with Crippen molar-refractivity contribution in [3.63, 3.8) is 0 Å². The summed E-state index contributed by atoms with van der Waals surface area (Å²) in [5.41, 5.74) is 0.742. The van der Waals surface area contributed by atoms with Gasteiger partial charge >= 0.3 is 18.0 Å². The Balaban J connectivity index is 1.50. The Morgan fingerprint density at radius 1 is 1.35 bits per heavy atom. The molecule has 0 spiro atoms. The van der Waals surface area contributed by atoms with Crippen LogP contribution in [0.15, 0.2) is 30.5 Å². The van der Waals surface area contributed by atoms with Crippen molar-refractivity contribution in [1.82, 2.24) is 9.55 Å². The molecule has 1 aliphatic heterocycles. The van der Waals surface area contributed by atoms with Crippen molar-refractivity contribution in [2.45, 2.75) is 25.4 Å². The highest BCUT2D eigenvalue weighted by Crippen LogP contribution is 2.23. The fraction of sp³-hybridized carbons (Fsp3) is 0.400. The Bertz CT molecular complexity index is 776. The molecular weight excluding hydrogens is 359 g/mol. The fourth-order valence-electron chi connectivity index (χ4n) is 2.32. The number of aromatic nitrogens is 2. The van der Waals surface area contributed by atoms with E-state index in [1.54, 1.807) is 12.1 Å². The van der Waals surface area contributed by atoms with Crippen molar-refractivity contribution in [3.8, 4) is 11.8 Å². The third kappa shape index (κ3) is 4.63. The van der Waals surface area contributed by atoms with Gasteiger partial charge < -0.3 is 24.3 Å². The number of hydrogen-bond donors (Lipinski definition) is 0. The first-order valence-electron chi connectivity index (χ1n) is 7.54. The standard InChI is InChI=1S/C15H14F3N3O5/c16-15(17,18)9-26-11-3-1-10(2-4-11)7-24-12-5-20-6-13(21(22)23)19-14(20)25-8-12/h1-4,6,12H,5,7-9H2. The Labute approximate surface area is 145 Å². The Hall–Kier alpha value is -2.82. The van der Waals surface area contributed by atoms with E-state index in [2.05, 4.69) is 9.72 Å². The Morgan fingerprint density at radius 2 is 2.08 bits per heavy atom. The molecule has 0 amide bonds. The van der Waals surface area contributed by atoms with Gasteiger partial charge in [0.25, 0.3) is 0 Å². The molecule has 0 saturated carbocycles. The van der Waals surface area contributed by atoms with E-state index in [1.165, 1.54) is 22.9 Å². The van der Waals surface area contributed by atoms with E-state index in [4.69, 9.17) is 9.47 Å². The second kappa shape index (κ2) is 7.20. The third-order valence-electron chi connectivity index (χ3n) is 3.52. The van der Waals surface area contributed by atoms with Gasteiger partial charge in [0.1, 0.15) is 24.7 Å². The molecule has 26 heavy (non-hydrogen) atoms. The zero-order chi connectivity index (χ0) is 18.7. The minimum absolute atomic E-state index is 0.113. The van der Waals surface area contributed by atoms with Crippen LogP contribution in [-0.2, 0) is 17.9 Å². The highest BCUT2D eigenvalue weighted by Gasteiger charge is 2.29. The molecule has 0 N–H and O–H groups in total. The number of fused-ring (bicyclic) bond motifs is 1. The number of nitrogens with zero attached hydrogens (tertiary/aromatic N) is 3. The lowest BCUT2D eigenvalue weighted by molar-refractivity contribution is -0.389. The average Bonchev–Trinajstić information content (AvgIpc) is 3.02. The predicted molar refractivity (Wildman–Crippen MR) is 80.9 cm³/mol. The van der Waals surface area contributed by atoms with Crippen LogP contribution in [0.5, 0.6) is 11.8 Å². The van der Waals surface area contributed by atoms with Gasteiger partial charge in [-0.05, 0) is 22.6 Å². The maximum absolute atomic E-state index is 12.1. The number of rotatable bonds is 6. The van der Waals surface area contributed by atoms with Crippen LogP contribution in [0.1, 0.15) is 5.56 Å². The normalized spacial score (nSPS) is 16.7. The molecule has 8 nitrogen and oxygen atoms in total. The highest BCUT2D eigenvalue weighted by atomic mass is 19.4. The first-order valence-corrected chi connectivity index (χ1v) is 7.54. The van der Waals surface area contributed by atoms with Crippen LogP contribution in [0.2, 0.25) is 0 Å². The van der Waals surface area contributed by atoms with Gasteiger partial charge in [0.15, 0.2) is 6.61 Å². The van der Waals surface area contributed by atoms with Crippen LogP contribution in [-0.4, -0.2) is 40.0 Å². The molecule has 1 aromatic heterocycles. The van der Waals surface area contributed by atoms with Gasteiger partial charge in [0, 0.05) is 4.98 Å². The minimum Gasteiger partial charge on any atom is -0.484 e. The monoisotopic (exact) mass is 373 g/mol. The van der Waals surface area contributed by atoms with Gasteiger partial charge in [-0.15, -0.1) is 0 Å². The molecular formula is C15H14F3N3O5. The summed E-state index contributed by atoms with van der Waals surface area (Å²) in [6, 6.07) is 6.23. The largest absolute Gasteiger partial charge is 0.484 e. The van der Waals surface area contributed by atoms with Gasteiger partial charge in [-0.2, -0.15) is 13.2 Å². The smallest absolute Gasteiger partial charge is 0.422 e. The van der Waals surface area contributed by atoms with E-state index in [1.807, 2.05) is 0 Å². The van der Waals surface area contributed by atoms with Crippen LogP contribution < -0.4 is 9.47 Å². The highest BCUT2D eigenvalue weighted by molar-refractivity contribution is 5.27. The molecule has 0 bridgehead atoms. The van der Waals surface area contributed by atoms with Crippen molar-refractivity contribution in [2.24, 2.45) is 0 Å². The topological polar surface area (TPSA) is 88.7 Å². The lowest BCUT2D eigenvalue weighted by Gasteiger charge is -2.22. The first kappa shape index (κ1) is 18.0. The summed E-state index contributed by atoms with van der Waals surface area (Å²) >= 11 is 0. The number of alkyl halides is 3. The summed E-state index contributed by atoms with van der Waals surface area (Å²) in [6.07, 6.45) is -3.45. The van der Waals surface area contributed by atoms with Crippen molar-refractivity contribution in [3.05, 3.63) is 46.1 Å². The van der Waals surface area contributed by atoms with Gasteiger partial charge in [-0.1, -0.05) is 12.1 Å². The average molecular weight is 373 g/mol. The molecule has 0 fully saturated rings. The van der Waals surface area contributed by atoms with Crippen molar-refractivity contribution < 1.29 is 32.3 Å². The van der Waals surface area contributed by atoms with Crippen LogP contribution in [0.3, 0.4) is 0 Å². The van der Waals surface area contributed by atoms with Crippen LogP contribution in [0, 0.1) is 10.1 Å². The SMILES string of the molecule is O=[N+]([O-])c1cn2c(n1)OCC(OCc1ccc(OCC(F)(F)F)cc1)C2. The summed E-state index contributed by atoms with van der Waals surface area (Å²) in [7, 11) is 0. The molecule has 0 aliphatic carbocycles. The van der Waals surface area contributed by atoms with E-state index in [9.17, 15) is 23.3 Å². The van der Waals surface area contributed by atoms with Crippen molar-refractivity contribution in [1.29, 1.82) is 0 Å². The zero-order valence-corrected chi connectivity index (χ0v) is 13.3. The van der Waals surface area contributed by atoms with E-state index >= 15 is 0 Å². The van der Waals surface area contributed by atoms with Crippen LogP contribution in [0.25, 0.3) is 0 Å². The maximum Gasteiger partial charge on any atom is 0.422 e. The minimum atomic E-state index is -4.38. The summed E-state index contributed by atoms with van der Waals surface area (Å²) in [6.45, 7) is -0.592. The van der Waals surface area contributed by atoms with Crippen molar-refractivity contribution >= 4 is 5.82 Å². The van der Waals surface area contributed by atoms with Crippen LogP contribution in [0.4, 0.5) is 19.0 Å². The number of imidazole rings is 1. The Kier molecular flexibility index (Phi) is 4.98. The lowest BCUT2D eigenvalue weighted by atomic mass is 10.2. The molecule has 0 radical (unpaired) electrons. The first-order chi connectivity index (χ1) is 12.3. The molecule has 1 unspecified atom stereocenters. The second-order valence-corrected chi connectivity index (χ2v) is 5.58. The fourth-order valence-corrected chi connectivity index (χ4v) is 2.32. The van der Waals surface area contributed by atoms with Crippen molar-refractivity contribution in [2.75, 3.05) is 13.2 Å². The van der Waals surface area contributed by atoms with E-state index in [0.717, 1.165) is 5.56 Å².